The Balaban J connectivity index is 1.78. The second-order valence-electron chi connectivity index (χ2n) is 11.0. The van der Waals surface area contributed by atoms with Crippen molar-refractivity contribution in [2.45, 2.75) is 57.5 Å². The largest absolute Gasteiger partial charge is 0.354 e. The fraction of sp³-hybridized carbons (Fsp3) is 0.278. The number of aryl methyl sites for hydroxylation is 2. The Morgan fingerprint density at radius 2 is 1.39 bits per heavy atom. The lowest BCUT2D eigenvalue weighted by Crippen LogP contribution is -2.53. The van der Waals surface area contributed by atoms with Crippen LogP contribution < -0.4 is 9.62 Å². The standard InChI is InChI=1S/C36H41N3O4S/c1-4-5-24-37-36(41)34(25-30-15-8-6-9-16-30)38(26-31-22-20-28(2)21-23-31)35(40)27-39(33-19-13-12-14-29(33)3)44(42,43)32-17-10-7-11-18-32/h6-23,34H,4-5,24-27H2,1-3H3,(H,37,41). The van der Waals surface area contributed by atoms with Gasteiger partial charge in [-0.15, -0.1) is 0 Å². The molecule has 0 aliphatic carbocycles. The molecular formula is C36H41N3O4S. The molecule has 0 saturated carbocycles. The predicted molar refractivity (Wildman–Crippen MR) is 176 cm³/mol. The summed E-state index contributed by atoms with van der Waals surface area (Å²) in [6.07, 6.45) is 2.01. The van der Waals surface area contributed by atoms with Gasteiger partial charge < -0.3 is 10.2 Å². The topological polar surface area (TPSA) is 86.8 Å². The molecule has 0 fully saturated rings. The van der Waals surface area contributed by atoms with E-state index in [0.29, 0.717) is 17.8 Å². The summed E-state index contributed by atoms with van der Waals surface area (Å²) < 4.78 is 29.3. The summed E-state index contributed by atoms with van der Waals surface area (Å²) in [4.78, 5) is 29.9. The van der Waals surface area contributed by atoms with Gasteiger partial charge in [0, 0.05) is 19.5 Å². The van der Waals surface area contributed by atoms with Crippen LogP contribution in [0.15, 0.2) is 114 Å². The van der Waals surface area contributed by atoms with Crippen LogP contribution in [0.5, 0.6) is 0 Å². The first-order chi connectivity index (χ1) is 21.2. The van der Waals surface area contributed by atoms with Gasteiger partial charge in [-0.05, 0) is 55.2 Å². The number of nitrogens with zero attached hydrogens (tertiary/aromatic N) is 2. The molecule has 1 atom stereocenters. The number of unbranched alkanes of at least 4 members (excludes halogenated alkanes) is 1. The molecule has 4 aromatic rings. The molecule has 2 amide bonds. The predicted octanol–water partition coefficient (Wildman–Crippen LogP) is 6.06. The number of anilines is 1. The van der Waals surface area contributed by atoms with Crippen LogP contribution in [0.3, 0.4) is 0 Å². The first-order valence-electron chi connectivity index (χ1n) is 15.0. The smallest absolute Gasteiger partial charge is 0.264 e. The van der Waals surface area contributed by atoms with Crippen LogP contribution in [0.25, 0.3) is 0 Å². The van der Waals surface area contributed by atoms with Gasteiger partial charge in [-0.2, -0.15) is 0 Å². The molecule has 1 unspecified atom stereocenters. The number of rotatable bonds is 14. The fourth-order valence-electron chi connectivity index (χ4n) is 5.03. The molecule has 0 aliphatic heterocycles. The van der Waals surface area contributed by atoms with Crippen LogP contribution in [0.1, 0.15) is 42.0 Å². The zero-order chi connectivity index (χ0) is 31.5. The molecule has 1 N–H and O–H groups in total. The second kappa shape index (κ2) is 15.3. The zero-order valence-electron chi connectivity index (χ0n) is 25.6. The summed E-state index contributed by atoms with van der Waals surface area (Å²) in [5.74, 6) is -0.740. The van der Waals surface area contributed by atoms with Crippen molar-refractivity contribution in [2.24, 2.45) is 0 Å². The Bertz CT molecular complexity index is 1630. The highest BCUT2D eigenvalue weighted by molar-refractivity contribution is 7.92. The molecular weight excluding hydrogens is 570 g/mol. The van der Waals surface area contributed by atoms with Crippen molar-refractivity contribution in [3.63, 3.8) is 0 Å². The van der Waals surface area contributed by atoms with E-state index < -0.39 is 28.5 Å². The highest BCUT2D eigenvalue weighted by Crippen LogP contribution is 2.27. The van der Waals surface area contributed by atoms with Gasteiger partial charge in [0.2, 0.25) is 11.8 Å². The van der Waals surface area contributed by atoms with Crippen LogP contribution in [0, 0.1) is 13.8 Å². The molecule has 230 valence electrons. The van der Waals surface area contributed by atoms with E-state index in [2.05, 4.69) is 5.32 Å². The van der Waals surface area contributed by atoms with E-state index in [1.807, 2.05) is 87.5 Å². The van der Waals surface area contributed by atoms with E-state index in [9.17, 15) is 18.0 Å². The average Bonchev–Trinajstić information content (AvgIpc) is 3.03. The van der Waals surface area contributed by atoms with Crippen LogP contribution in [0.4, 0.5) is 5.69 Å². The van der Waals surface area contributed by atoms with Gasteiger partial charge >= 0.3 is 0 Å². The number of carbonyl (C=O) groups is 2. The molecule has 0 saturated heterocycles. The minimum Gasteiger partial charge on any atom is -0.354 e. The summed E-state index contributed by atoms with van der Waals surface area (Å²) in [7, 11) is -4.12. The SMILES string of the molecule is CCCCNC(=O)C(Cc1ccccc1)N(Cc1ccc(C)cc1)C(=O)CN(c1ccccc1C)S(=O)(=O)c1ccccc1. The molecule has 0 heterocycles. The number of para-hydroxylation sites is 1. The van der Waals surface area contributed by atoms with Crippen LogP contribution >= 0.6 is 0 Å². The maximum atomic E-state index is 14.5. The Morgan fingerprint density at radius 3 is 2.02 bits per heavy atom. The van der Waals surface area contributed by atoms with E-state index in [-0.39, 0.29) is 23.8 Å². The maximum absolute atomic E-state index is 14.5. The number of amides is 2. The van der Waals surface area contributed by atoms with Crippen LogP contribution in [-0.2, 0) is 32.6 Å². The third-order valence-electron chi connectivity index (χ3n) is 7.57. The summed E-state index contributed by atoms with van der Waals surface area (Å²) in [5.41, 5.74) is 3.94. The number of sulfonamides is 1. The van der Waals surface area contributed by atoms with Crippen molar-refractivity contribution in [3.05, 3.63) is 131 Å². The van der Waals surface area contributed by atoms with Crippen LogP contribution in [0.2, 0.25) is 0 Å². The molecule has 44 heavy (non-hydrogen) atoms. The van der Waals surface area contributed by atoms with Gasteiger partial charge in [-0.3, -0.25) is 13.9 Å². The number of nitrogens with one attached hydrogen (secondary N) is 1. The molecule has 8 heteroatoms. The van der Waals surface area contributed by atoms with Crippen molar-refractivity contribution in [1.29, 1.82) is 0 Å². The zero-order valence-corrected chi connectivity index (χ0v) is 26.5. The van der Waals surface area contributed by atoms with Gasteiger partial charge in [0.05, 0.1) is 10.6 Å². The van der Waals surface area contributed by atoms with Gasteiger partial charge in [-0.1, -0.05) is 110 Å². The third kappa shape index (κ3) is 8.35. The average molecular weight is 612 g/mol. The monoisotopic (exact) mass is 611 g/mol. The summed E-state index contributed by atoms with van der Waals surface area (Å²) >= 11 is 0. The molecule has 0 radical (unpaired) electrons. The molecule has 0 bridgehead atoms. The van der Waals surface area contributed by atoms with Crippen LogP contribution in [-0.4, -0.2) is 44.3 Å². The third-order valence-corrected chi connectivity index (χ3v) is 9.34. The van der Waals surface area contributed by atoms with E-state index in [1.165, 1.54) is 17.0 Å². The quantitative estimate of drug-likeness (QED) is 0.176. The first kappa shape index (κ1) is 32.5. The van der Waals surface area contributed by atoms with Crippen molar-refractivity contribution >= 4 is 27.5 Å². The number of carbonyl (C=O) groups excluding carboxylic acids is 2. The van der Waals surface area contributed by atoms with Gasteiger partial charge in [0.15, 0.2) is 0 Å². The van der Waals surface area contributed by atoms with Gasteiger partial charge in [0.1, 0.15) is 12.6 Å². The molecule has 4 aromatic carbocycles. The lowest BCUT2D eigenvalue weighted by atomic mass is 10.0. The molecule has 4 rings (SSSR count). The number of hydrogen-bond donors (Lipinski definition) is 1. The summed E-state index contributed by atoms with van der Waals surface area (Å²) in [6.45, 7) is 6.02. The summed E-state index contributed by atoms with van der Waals surface area (Å²) in [5, 5.41) is 3.02. The van der Waals surface area contributed by atoms with Crippen molar-refractivity contribution in [3.8, 4) is 0 Å². The van der Waals surface area contributed by atoms with Crippen molar-refractivity contribution in [2.75, 3.05) is 17.4 Å². The lowest BCUT2D eigenvalue weighted by Gasteiger charge is -2.34. The molecule has 7 nitrogen and oxygen atoms in total. The number of benzene rings is 4. The molecule has 0 aromatic heterocycles. The van der Waals surface area contributed by atoms with E-state index in [4.69, 9.17) is 0 Å². The number of hydrogen-bond acceptors (Lipinski definition) is 4. The Labute approximate surface area is 261 Å². The normalized spacial score (nSPS) is 11.9. The van der Waals surface area contributed by atoms with Gasteiger partial charge in [0.25, 0.3) is 10.0 Å². The van der Waals surface area contributed by atoms with Crippen molar-refractivity contribution in [1.82, 2.24) is 10.2 Å². The Morgan fingerprint density at radius 1 is 0.773 bits per heavy atom. The summed E-state index contributed by atoms with van der Waals surface area (Å²) in [6, 6.07) is 31.7. The Hall–Kier alpha value is -4.43. The van der Waals surface area contributed by atoms with E-state index >= 15 is 0 Å². The lowest BCUT2D eigenvalue weighted by molar-refractivity contribution is -0.140. The second-order valence-corrected chi connectivity index (χ2v) is 12.8. The van der Waals surface area contributed by atoms with E-state index in [0.717, 1.165) is 33.8 Å². The Kier molecular flexibility index (Phi) is 11.3. The highest BCUT2D eigenvalue weighted by Gasteiger charge is 2.34. The molecule has 0 aliphatic rings. The minimum atomic E-state index is -4.12. The highest BCUT2D eigenvalue weighted by atomic mass is 32.2. The first-order valence-corrected chi connectivity index (χ1v) is 16.4. The maximum Gasteiger partial charge on any atom is 0.264 e. The minimum absolute atomic E-state index is 0.0827. The molecule has 0 spiro atoms. The fourth-order valence-corrected chi connectivity index (χ4v) is 6.53. The van der Waals surface area contributed by atoms with E-state index in [1.54, 1.807) is 30.3 Å². The van der Waals surface area contributed by atoms with Gasteiger partial charge in [-0.25, -0.2) is 8.42 Å². The van der Waals surface area contributed by atoms with Crippen molar-refractivity contribution < 1.29 is 18.0 Å².